The number of hydrogen-bond acceptors (Lipinski definition) is 17. The molecule has 0 aliphatic carbocycles. The molecule has 0 saturated carbocycles. The zero-order chi connectivity index (χ0) is 62.9. The number of fused-ring (bicyclic) bond motifs is 12. The van der Waals surface area contributed by atoms with Crippen LogP contribution in [-0.4, -0.2) is 122 Å². The molecule has 0 fully saturated rings. The standard InChI is InChI=1S/C38H49N7O8.C32H34N2O2S/c1-38(2,3)53-37(48)39-30-22-44-24-33(40-42-44)26-16-28(35(46)49-4)20-31(18-26)51-14-12-10-8-6-7-9-11-13-15-52-32-19-27(17-29(21-32)36(47)50-5)34-25-45(23-30)43-41-34;1-5-25-13-17-29(18-14-25)35-21-23-37-24-22-36-30-19-15-26(16-20-30)6-2-8-28-10-4-12-32(34-28)31-11-3-9-27(7-1)33-31/h16-21,24-25,30H,6-15,22-23H2,1-5H3,(H,39,48);3-4,9-20H,1-2,5-8,21-24H2. The monoisotopic (exact) mass is 1240 g/mol. The van der Waals surface area contributed by atoms with Crippen LogP contribution in [0.15, 0.2) is 134 Å². The van der Waals surface area contributed by atoms with Gasteiger partial charge in [-0.15, -0.1) is 10.2 Å². The highest BCUT2D eigenvalue weighted by atomic mass is 32.2. The summed E-state index contributed by atoms with van der Waals surface area (Å²) in [4.78, 5) is 47.9. The summed E-state index contributed by atoms with van der Waals surface area (Å²) in [5.41, 5.74) is 8.99. The molecule has 0 unspecified atom stereocenters. The Balaban J connectivity index is 0.000000227. The van der Waals surface area contributed by atoms with Crippen molar-refractivity contribution in [3.8, 4) is 56.9 Å². The van der Waals surface area contributed by atoms with Crippen molar-refractivity contribution in [2.45, 2.75) is 135 Å². The number of alkyl carbamates (subject to hydrolysis) is 1. The van der Waals surface area contributed by atoms with Gasteiger partial charge in [0.1, 0.15) is 40.0 Å². The zero-order valence-corrected chi connectivity index (χ0v) is 53.2. The van der Waals surface area contributed by atoms with Gasteiger partial charge in [-0.3, -0.25) is 9.97 Å². The average Bonchev–Trinajstić information content (AvgIpc) is 2.26. The molecule has 8 heterocycles. The molecule has 4 aromatic heterocycles. The lowest BCUT2D eigenvalue weighted by atomic mass is 10.1. The summed E-state index contributed by atoms with van der Waals surface area (Å²) in [7, 11) is 2.67. The van der Waals surface area contributed by atoms with Gasteiger partial charge in [-0.25, -0.2) is 23.7 Å². The quantitative estimate of drug-likeness (QED) is 0.129. The molecule has 8 aromatic rings. The van der Waals surface area contributed by atoms with Crippen LogP contribution in [0.4, 0.5) is 4.79 Å². The van der Waals surface area contributed by atoms with Crippen molar-refractivity contribution in [3.63, 3.8) is 0 Å². The van der Waals surface area contributed by atoms with Gasteiger partial charge in [-0.05, 0) is 168 Å². The van der Waals surface area contributed by atoms with Crippen molar-refractivity contribution < 1.29 is 47.5 Å². The van der Waals surface area contributed by atoms with Gasteiger partial charge in [-0.1, -0.05) is 85.3 Å². The van der Waals surface area contributed by atoms with E-state index < -0.39 is 29.7 Å². The third-order valence-corrected chi connectivity index (χ3v) is 15.9. The highest BCUT2D eigenvalue weighted by Gasteiger charge is 2.23. The number of hydrogen-bond donors (Lipinski definition) is 1. The Morgan fingerprint density at radius 2 is 0.933 bits per heavy atom. The molecule has 12 rings (SSSR count). The van der Waals surface area contributed by atoms with Crippen LogP contribution in [0.2, 0.25) is 0 Å². The lowest BCUT2D eigenvalue weighted by Gasteiger charge is -2.23. The number of carbonyl (C=O) groups excluding carboxylic acids is 3. The van der Waals surface area contributed by atoms with Gasteiger partial charge in [-0.2, -0.15) is 11.8 Å². The Morgan fingerprint density at radius 1 is 0.500 bits per heavy atom. The summed E-state index contributed by atoms with van der Waals surface area (Å²) in [5.74, 6) is 3.85. The van der Waals surface area contributed by atoms with Crippen molar-refractivity contribution >= 4 is 29.8 Å². The van der Waals surface area contributed by atoms with Crippen LogP contribution in [-0.2, 0) is 53.0 Å². The number of nitrogens with one attached hydrogen (secondary N) is 1. The molecule has 1 amide bonds. The minimum atomic E-state index is -0.722. The number of pyridine rings is 2. The number of ether oxygens (including phenoxy) is 7. The summed E-state index contributed by atoms with van der Waals surface area (Å²) < 4.78 is 42.7. The van der Waals surface area contributed by atoms with Crippen LogP contribution >= 0.6 is 11.8 Å². The number of amides is 1. The highest BCUT2D eigenvalue weighted by Crippen LogP contribution is 2.29. The topological polar surface area (TPSA) is 215 Å². The van der Waals surface area contributed by atoms with E-state index in [1.165, 1.54) is 25.3 Å². The normalized spacial score (nSPS) is 15.3. The largest absolute Gasteiger partial charge is 0.494 e. The molecule has 1 N–H and O–H groups in total. The van der Waals surface area contributed by atoms with E-state index >= 15 is 0 Å². The van der Waals surface area contributed by atoms with Crippen molar-refractivity contribution in [2.24, 2.45) is 0 Å². The van der Waals surface area contributed by atoms with E-state index in [9.17, 15) is 14.4 Å². The minimum absolute atomic E-state index is 0.192. The van der Waals surface area contributed by atoms with Crippen LogP contribution in [0.5, 0.6) is 23.0 Å². The number of benzene rings is 4. The fraction of sp³-hybridized carbons (Fsp3) is 0.414. The maximum Gasteiger partial charge on any atom is 0.407 e. The third kappa shape index (κ3) is 21.2. The number of esters is 2. The van der Waals surface area contributed by atoms with E-state index in [2.05, 4.69) is 111 Å². The summed E-state index contributed by atoms with van der Waals surface area (Å²) in [6.45, 7) is 8.17. The summed E-state index contributed by atoms with van der Waals surface area (Å²) >= 11 is 1.86. The van der Waals surface area contributed by atoms with E-state index in [-0.39, 0.29) is 13.1 Å². The van der Waals surface area contributed by atoms with Gasteiger partial charge in [0.2, 0.25) is 0 Å². The van der Waals surface area contributed by atoms with Gasteiger partial charge in [0.05, 0.1) is 94.7 Å². The van der Waals surface area contributed by atoms with Gasteiger partial charge >= 0.3 is 18.0 Å². The first-order chi connectivity index (χ1) is 43.8. The first-order valence-electron chi connectivity index (χ1n) is 31.3. The van der Waals surface area contributed by atoms with Crippen molar-refractivity contribution in [2.75, 3.05) is 52.2 Å². The molecule has 20 heteroatoms. The smallest absolute Gasteiger partial charge is 0.407 e. The summed E-state index contributed by atoms with van der Waals surface area (Å²) in [6.07, 6.45) is 17.2. The maximum atomic E-state index is 13.0. The Labute approximate surface area is 531 Å². The molecular formula is C70H83N9O10S. The lowest BCUT2D eigenvalue weighted by molar-refractivity contribution is 0.0489. The number of methoxy groups -OCH3 is 2. The van der Waals surface area contributed by atoms with Crippen LogP contribution in [0, 0.1) is 0 Å². The van der Waals surface area contributed by atoms with Crippen LogP contribution in [0.1, 0.15) is 128 Å². The van der Waals surface area contributed by atoms with Crippen molar-refractivity contribution in [1.82, 2.24) is 45.3 Å². The maximum absolute atomic E-state index is 13.0. The fourth-order valence-electron chi connectivity index (χ4n) is 10.4. The average molecular weight is 1240 g/mol. The van der Waals surface area contributed by atoms with E-state index in [1.54, 1.807) is 66.8 Å². The summed E-state index contributed by atoms with van der Waals surface area (Å²) in [5, 5.41) is 20.3. The number of aromatic nitrogens is 8. The lowest BCUT2D eigenvalue weighted by Crippen LogP contribution is -2.43. The second-order valence-corrected chi connectivity index (χ2v) is 24.6. The number of nitrogens with zero attached hydrogens (tertiary/aromatic N) is 8. The highest BCUT2D eigenvalue weighted by molar-refractivity contribution is 7.99. The second kappa shape index (κ2) is 33.7. The van der Waals surface area contributed by atoms with Crippen molar-refractivity contribution in [3.05, 3.63) is 167 Å². The van der Waals surface area contributed by atoms with E-state index in [0.29, 0.717) is 71.6 Å². The molecule has 19 nitrogen and oxygen atoms in total. The van der Waals surface area contributed by atoms with Gasteiger partial charge < -0.3 is 38.5 Å². The number of aryl methyl sites for hydroxylation is 4. The van der Waals surface area contributed by atoms with Crippen LogP contribution < -0.4 is 24.3 Å². The molecule has 0 radical (unpaired) electrons. The molecule has 4 aliphatic rings. The number of carbonyl (C=O) groups is 3. The molecule has 0 spiro atoms. The Hall–Kier alpha value is -8.78. The number of thioether (sulfide) groups is 1. The molecule has 16 bridgehead atoms. The first-order valence-corrected chi connectivity index (χ1v) is 32.4. The molecule has 4 aromatic carbocycles. The Morgan fingerprint density at radius 3 is 1.37 bits per heavy atom. The molecule has 0 atom stereocenters. The SMILES string of the molecule is COC(=O)c1cc2cc(c1)-c1cn(nn1)CC(NC(=O)OC(C)(C)C)Cn1cc(nn1)-c1cc(cc(C(=O)OC)c1)OCCCCCCCCCCO2.c1cc2nc(c1)-c1cccc(n1)CCCc1ccc(cc1)OCCSCCOc1ccc(cc1)CCC2. The molecule has 4 aliphatic heterocycles. The number of rotatable bonds is 3. The van der Waals surface area contributed by atoms with E-state index in [0.717, 1.165) is 136 Å². The van der Waals surface area contributed by atoms with Crippen molar-refractivity contribution in [1.29, 1.82) is 0 Å². The molecule has 474 valence electrons. The van der Waals surface area contributed by atoms with Crippen LogP contribution in [0.3, 0.4) is 0 Å². The predicted molar refractivity (Wildman–Crippen MR) is 347 cm³/mol. The Kier molecular flexibility index (Phi) is 24.6. The van der Waals surface area contributed by atoms with Gasteiger partial charge in [0.15, 0.2) is 0 Å². The third-order valence-electron chi connectivity index (χ3n) is 14.9. The fourth-order valence-corrected chi connectivity index (χ4v) is 11.0. The summed E-state index contributed by atoms with van der Waals surface area (Å²) in [6, 6.07) is 39.4. The molecule has 0 saturated heterocycles. The van der Waals surface area contributed by atoms with Crippen LogP contribution in [0.25, 0.3) is 33.9 Å². The second-order valence-electron chi connectivity index (χ2n) is 23.3. The molecule has 90 heavy (non-hydrogen) atoms. The van der Waals surface area contributed by atoms with Gasteiger partial charge in [0.25, 0.3) is 0 Å². The predicted octanol–water partition coefficient (Wildman–Crippen LogP) is 13.3. The van der Waals surface area contributed by atoms with Gasteiger partial charge in [0, 0.05) is 34.0 Å². The van der Waals surface area contributed by atoms with E-state index in [1.807, 2.05) is 23.9 Å². The Bertz CT molecular complexity index is 3350. The molecular weight excluding hydrogens is 1160 g/mol. The minimum Gasteiger partial charge on any atom is -0.494 e. The first kappa shape index (κ1) is 65.7. The zero-order valence-electron chi connectivity index (χ0n) is 52.4. The van der Waals surface area contributed by atoms with E-state index in [4.69, 9.17) is 43.1 Å².